The van der Waals surface area contributed by atoms with E-state index < -0.39 is 16.6 Å². The number of carboxylic acid groups (broad SMARTS) is 1. The zero-order chi connectivity index (χ0) is 14.6. The van der Waals surface area contributed by atoms with E-state index in [1.807, 2.05) is 6.92 Å². The Labute approximate surface area is 109 Å². The molecule has 2 N–H and O–H groups in total. The molecule has 0 saturated heterocycles. The predicted molar refractivity (Wildman–Crippen MR) is 68.3 cm³/mol. The summed E-state index contributed by atoms with van der Waals surface area (Å²) in [5.74, 6) is -1.59. The number of hydrogen-bond donors (Lipinski definition) is 2. The fourth-order valence-corrected chi connectivity index (χ4v) is 1.63. The molecule has 0 aliphatic rings. The monoisotopic (exact) mass is 266 g/mol. The molecule has 19 heavy (non-hydrogen) atoms. The summed E-state index contributed by atoms with van der Waals surface area (Å²) in [6.45, 7) is 3.33. The van der Waals surface area contributed by atoms with Gasteiger partial charge in [0.25, 0.3) is 5.69 Å². The lowest BCUT2D eigenvalue weighted by atomic mass is 10.1. The van der Waals surface area contributed by atoms with E-state index in [1.165, 1.54) is 13.0 Å². The zero-order valence-corrected chi connectivity index (χ0v) is 10.6. The fraction of sp³-hybridized carbons (Fsp3) is 0.333. The van der Waals surface area contributed by atoms with Gasteiger partial charge >= 0.3 is 5.97 Å². The van der Waals surface area contributed by atoms with Gasteiger partial charge in [-0.25, -0.2) is 4.79 Å². The van der Waals surface area contributed by atoms with Gasteiger partial charge in [0, 0.05) is 12.5 Å². The Morgan fingerprint density at radius 2 is 2.05 bits per heavy atom. The minimum atomic E-state index is -1.25. The SMILES string of the molecule is CCCC(=O)Nc1c(C)cc(C(=O)O)cc1[N+](=O)[O-]. The number of nitro groups is 1. The summed E-state index contributed by atoms with van der Waals surface area (Å²) in [4.78, 5) is 32.6. The van der Waals surface area contributed by atoms with Gasteiger partial charge in [-0.15, -0.1) is 0 Å². The zero-order valence-electron chi connectivity index (χ0n) is 10.6. The molecule has 7 heteroatoms. The van der Waals surface area contributed by atoms with Gasteiger partial charge in [-0.2, -0.15) is 0 Å². The maximum atomic E-state index is 11.5. The summed E-state index contributed by atoms with van der Waals surface area (Å²) < 4.78 is 0. The molecule has 1 aromatic rings. The summed E-state index contributed by atoms with van der Waals surface area (Å²) in [7, 11) is 0. The lowest BCUT2D eigenvalue weighted by Crippen LogP contribution is -2.14. The highest BCUT2D eigenvalue weighted by Gasteiger charge is 2.21. The van der Waals surface area contributed by atoms with Crippen LogP contribution >= 0.6 is 0 Å². The molecule has 0 bridgehead atoms. The van der Waals surface area contributed by atoms with Gasteiger partial charge in [-0.3, -0.25) is 14.9 Å². The number of benzene rings is 1. The number of amides is 1. The molecule has 0 fully saturated rings. The first-order valence-electron chi connectivity index (χ1n) is 5.69. The third-order valence-corrected chi connectivity index (χ3v) is 2.50. The molecule has 0 unspecified atom stereocenters. The molecule has 0 heterocycles. The third-order valence-electron chi connectivity index (χ3n) is 2.50. The van der Waals surface area contributed by atoms with Crippen molar-refractivity contribution in [3.8, 4) is 0 Å². The van der Waals surface area contributed by atoms with Gasteiger partial charge in [0.05, 0.1) is 10.5 Å². The first-order chi connectivity index (χ1) is 8.86. The van der Waals surface area contributed by atoms with Gasteiger partial charge in [0.2, 0.25) is 5.91 Å². The van der Waals surface area contributed by atoms with Gasteiger partial charge in [0.15, 0.2) is 0 Å². The standard InChI is InChI=1S/C12H14N2O5/c1-3-4-10(15)13-11-7(2)5-8(12(16)17)6-9(11)14(18)19/h5-6H,3-4H2,1-2H3,(H,13,15)(H,16,17). The molecule has 0 aromatic heterocycles. The van der Waals surface area contributed by atoms with Crippen molar-refractivity contribution in [2.24, 2.45) is 0 Å². The first kappa shape index (κ1) is 14.6. The van der Waals surface area contributed by atoms with Gasteiger partial charge in [-0.1, -0.05) is 6.92 Å². The van der Waals surface area contributed by atoms with E-state index in [9.17, 15) is 19.7 Å². The molecule has 0 atom stereocenters. The van der Waals surface area contributed by atoms with Gasteiger partial charge in [0.1, 0.15) is 5.69 Å². The average Bonchev–Trinajstić information content (AvgIpc) is 2.31. The quantitative estimate of drug-likeness (QED) is 0.627. The summed E-state index contributed by atoms with van der Waals surface area (Å²) in [5, 5.41) is 22.3. The summed E-state index contributed by atoms with van der Waals surface area (Å²) in [6.07, 6.45) is 0.864. The van der Waals surface area contributed by atoms with E-state index in [4.69, 9.17) is 5.11 Å². The molecular weight excluding hydrogens is 252 g/mol. The number of rotatable bonds is 5. The summed E-state index contributed by atoms with van der Waals surface area (Å²) in [5.41, 5.74) is -0.205. The molecule has 102 valence electrons. The average molecular weight is 266 g/mol. The maximum Gasteiger partial charge on any atom is 0.335 e. The minimum Gasteiger partial charge on any atom is -0.478 e. The second-order valence-corrected chi connectivity index (χ2v) is 4.05. The number of carbonyl (C=O) groups is 2. The van der Waals surface area contributed by atoms with Crippen LogP contribution in [0.5, 0.6) is 0 Å². The van der Waals surface area contributed by atoms with Gasteiger partial charge in [-0.05, 0) is 25.0 Å². The Morgan fingerprint density at radius 1 is 1.42 bits per heavy atom. The van der Waals surface area contributed by atoms with Crippen LogP contribution < -0.4 is 5.32 Å². The highest BCUT2D eigenvalue weighted by atomic mass is 16.6. The molecule has 0 aliphatic carbocycles. The normalized spacial score (nSPS) is 10.0. The van der Waals surface area contributed by atoms with Crippen LogP contribution in [0.4, 0.5) is 11.4 Å². The number of nitrogens with zero attached hydrogens (tertiary/aromatic N) is 1. The number of aromatic carboxylic acids is 1. The molecule has 1 rings (SSSR count). The van der Waals surface area contributed by atoms with Crippen molar-refractivity contribution >= 4 is 23.3 Å². The fourth-order valence-electron chi connectivity index (χ4n) is 1.63. The van der Waals surface area contributed by atoms with Crippen LogP contribution in [0, 0.1) is 17.0 Å². The maximum absolute atomic E-state index is 11.5. The minimum absolute atomic E-state index is 0.0495. The van der Waals surface area contributed by atoms with Crippen molar-refractivity contribution in [3.63, 3.8) is 0 Å². The van der Waals surface area contributed by atoms with Crippen molar-refractivity contribution in [1.82, 2.24) is 0 Å². The number of hydrogen-bond acceptors (Lipinski definition) is 4. The molecule has 0 radical (unpaired) electrons. The van der Waals surface area contributed by atoms with E-state index in [-0.39, 0.29) is 23.6 Å². The lowest BCUT2D eigenvalue weighted by Gasteiger charge is -2.09. The van der Waals surface area contributed by atoms with Crippen molar-refractivity contribution in [2.75, 3.05) is 5.32 Å². The van der Waals surface area contributed by atoms with E-state index >= 15 is 0 Å². The van der Waals surface area contributed by atoms with Crippen LogP contribution in [-0.2, 0) is 4.79 Å². The van der Waals surface area contributed by atoms with Crippen molar-refractivity contribution < 1.29 is 19.6 Å². The van der Waals surface area contributed by atoms with Crippen LogP contribution in [0.1, 0.15) is 35.7 Å². The number of nitro benzene ring substituents is 1. The van der Waals surface area contributed by atoms with Crippen LogP contribution in [0.15, 0.2) is 12.1 Å². The van der Waals surface area contributed by atoms with Crippen molar-refractivity contribution in [3.05, 3.63) is 33.4 Å². The number of nitrogens with one attached hydrogen (secondary N) is 1. The Kier molecular flexibility index (Phi) is 4.57. The molecule has 7 nitrogen and oxygen atoms in total. The largest absolute Gasteiger partial charge is 0.478 e. The number of carboxylic acids is 1. The molecule has 1 amide bonds. The highest BCUT2D eigenvalue weighted by Crippen LogP contribution is 2.30. The van der Waals surface area contributed by atoms with Crippen LogP contribution in [0.3, 0.4) is 0 Å². The number of aryl methyl sites for hydroxylation is 1. The topological polar surface area (TPSA) is 110 Å². The van der Waals surface area contributed by atoms with Crippen molar-refractivity contribution in [1.29, 1.82) is 0 Å². The first-order valence-corrected chi connectivity index (χ1v) is 5.69. The molecule has 0 aliphatic heterocycles. The molecule has 0 saturated carbocycles. The summed E-state index contributed by atoms with van der Waals surface area (Å²) >= 11 is 0. The summed E-state index contributed by atoms with van der Waals surface area (Å²) in [6, 6.07) is 2.23. The molecule has 0 spiro atoms. The van der Waals surface area contributed by atoms with Crippen LogP contribution in [-0.4, -0.2) is 21.9 Å². The number of carbonyl (C=O) groups excluding carboxylic acids is 1. The Balaban J connectivity index is 3.26. The third kappa shape index (κ3) is 3.51. The van der Waals surface area contributed by atoms with E-state index in [2.05, 4.69) is 5.32 Å². The lowest BCUT2D eigenvalue weighted by molar-refractivity contribution is -0.384. The molecule has 1 aromatic carbocycles. The van der Waals surface area contributed by atoms with E-state index in [0.29, 0.717) is 12.0 Å². The van der Waals surface area contributed by atoms with Gasteiger partial charge < -0.3 is 10.4 Å². The van der Waals surface area contributed by atoms with E-state index in [0.717, 1.165) is 6.07 Å². The predicted octanol–water partition coefficient (Wildman–Crippen LogP) is 2.34. The highest BCUT2D eigenvalue weighted by molar-refractivity contribution is 5.96. The smallest absolute Gasteiger partial charge is 0.335 e. The molecular formula is C12H14N2O5. The Hall–Kier alpha value is -2.44. The van der Waals surface area contributed by atoms with Crippen LogP contribution in [0.25, 0.3) is 0 Å². The second-order valence-electron chi connectivity index (χ2n) is 4.05. The Bertz CT molecular complexity index is 539. The number of anilines is 1. The second kappa shape index (κ2) is 5.94. The van der Waals surface area contributed by atoms with E-state index in [1.54, 1.807) is 0 Å². The Morgan fingerprint density at radius 3 is 2.53 bits per heavy atom. The van der Waals surface area contributed by atoms with Crippen molar-refractivity contribution in [2.45, 2.75) is 26.7 Å². The van der Waals surface area contributed by atoms with Crippen LogP contribution in [0.2, 0.25) is 0 Å².